The van der Waals surface area contributed by atoms with Crippen LogP contribution in [0.25, 0.3) is 0 Å². The van der Waals surface area contributed by atoms with Gasteiger partial charge in [-0.05, 0) is 18.9 Å². The fourth-order valence-corrected chi connectivity index (χ4v) is 2.49. The third-order valence-electron chi connectivity index (χ3n) is 3.71. The third kappa shape index (κ3) is 3.30. The summed E-state index contributed by atoms with van der Waals surface area (Å²) in [6, 6.07) is 1.81. The first kappa shape index (κ1) is 14.6. The zero-order valence-corrected chi connectivity index (χ0v) is 12.5. The first-order chi connectivity index (χ1) is 10.7. The standard InChI is InChI=1S/C15H19N5O2/c1-20-7-6-17-14(20)15(21)18-9-12-4-5-16-13(19-12)11-3-2-8-22-10-11/h4-7,11H,2-3,8-10H2,1H3,(H,18,21)/t11-/m0/s1. The highest BCUT2D eigenvalue weighted by molar-refractivity contribution is 5.90. The summed E-state index contributed by atoms with van der Waals surface area (Å²) in [4.78, 5) is 24.9. The summed E-state index contributed by atoms with van der Waals surface area (Å²) in [7, 11) is 1.79. The van der Waals surface area contributed by atoms with Gasteiger partial charge in [-0.2, -0.15) is 0 Å². The van der Waals surface area contributed by atoms with Crippen molar-refractivity contribution in [2.75, 3.05) is 13.2 Å². The summed E-state index contributed by atoms with van der Waals surface area (Å²) < 4.78 is 7.16. The van der Waals surface area contributed by atoms with Gasteiger partial charge in [-0.15, -0.1) is 0 Å². The predicted molar refractivity (Wildman–Crippen MR) is 79.2 cm³/mol. The molecule has 0 saturated carbocycles. The molecule has 0 radical (unpaired) electrons. The number of imidazole rings is 1. The molecule has 1 atom stereocenters. The highest BCUT2D eigenvalue weighted by Gasteiger charge is 2.19. The molecular weight excluding hydrogens is 282 g/mol. The van der Waals surface area contributed by atoms with E-state index in [0.717, 1.165) is 31.0 Å². The molecule has 1 N–H and O–H groups in total. The van der Waals surface area contributed by atoms with Gasteiger partial charge in [0.05, 0.1) is 18.8 Å². The molecule has 1 aliphatic heterocycles. The number of carbonyl (C=O) groups is 1. The van der Waals surface area contributed by atoms with E-state index in [0.29, 0.717) is 19.0 Å². The van der Waals surface area contributed by atoms with Crippen LogP contribution >= 0.6 is 0 Å². The number of aryl methyl sites for hydroxylation is 1. The first-order valence-electron chi connectivity index (χ1n) is 7.39. The number of hydrogen-bond donors (Lipinski definition) is 1. The van der Waals surface area contributed by atoms with Gasteiger partial charge in [-0.25, -0.2) is 15.0 Å². The highest BCUT2D eigenvalue weighted by Crippen LogP contribution is 2.22. The van der Waals surface area contributed by atoms with E-state index in [1.807, 2.05) is 6.07 Å². The van der Waals surface area contributed by atoms with Crippen molar-refractivity contribution in [3.63, 3.8) is 0 Å². The Morgan fingerprint density at radius 1 is 1.45 bits per heavy atom. The fourth-order valence-electron chi connectivity index (χ4n) is 2.49. The number of carbonyl (C=O) groups excluding carboxylic acids is 1. The van der Waals surface area contributed by atoms with Crippen LogP contribution < -0.4 is 5.32 Å². The van der Waals surface area contributed by atoms with Crippen LogP contribution in [-0.4, -0.2) is 38.6 Å². The normalized spacial score (nSPS) is 18.1. The molecule has 2 aromatic heterocycles. The largest absolute Gasteiger partial charge is 0.381 e. The lowest BCUT2D eigenvalue weighted by molar-refractivity contribution is 0.0779. The Labute approximate surface area is 128 Å². The number of hydrogen-bond acceptors (Lipinski definition) is 5. The molecule has 1 amide bonds. The number of aromatic nitrogens is 4. The number of nitrogens with one attached hydrogen (secondary N) is 1. The zero-order chi connectivity index (χ0) is 15.4. The van der Waals surface area contributed by atoms with Crippen molar-refractivity contribution in [1.82, 2.24) is 24.8 Å². The van der Waals surface area contributed by atoms with Crippen molar-refractivity contribution in [1.29, 1.82) is 0 Å². The molecule has 116 valence electrons. The maximum absolute atomic E-state index is 12.0. The summed E-state index contributed by atoms with van der Waals surface area (Å²) in [6.45, 7) is 1.84. The summed E-state index contributed by atoms with van der Waals surface area (Å²) in [5.74, 6) is 1.21. The van der Waals surface area contributed by atoms with Crippen molar-refractivity contribution in [3.8, 4) is 0 Å². The molecule has 3 heterocycles. The molecular formula is C15H19N5O2. The van der Waals surface area contributed by atoms with Crippen LogP contribution in [0.15, 0.2) is 24.7 Å². The molecule has 2 aromatic rings. The molecule has 7 nitrogen and oxygen atoms in total. The predicted octanol–water partition coefficient (Wildman–Crippen LogP) is 1.03. The average Bonchev–Trinajstić information content (AvgIpc) is 3.00. The Morgan fingerprint density at radius 2 is 2.36 bits per heavy atom. The molecule has 0 aliphatic carbocycles. The first-order valence-corrected chi connectivity index (χ1v) is 7.39. The van der Waals surface area contributed by atoms with Gasteiger partial charge in [0.25, 0.3) is 5.91 Å². The van der Waals surface area contributed by atoms with Crippen LogP contribution in [-0.2, 0) is 18.3 Å². The van der Waals surface area contributed by atoms with E-state index >= 15 is 0 Å². The van der Waals surface area contributed by atoms with E-state index in [2.05, 4.69) is 20.3 Å². The van der Waals surface area contributed by atoms with E-state index in [1.54, 1.807) is 30.2 Å². The lowest BCUT2D eigenvalue weighted by Gasteiger charge is -2.20. The minimum absolute atomic E-state index is 0.214. The number of ether oxygens (including phenoxy) is 1. The summed E-state index contributed by atoms with van der Waals surface area (Å²) >= 11 is 0. The Bertz CT molecular complexity index is 649. The fraction of sp³-hybridized carbons (Fsp3) is 0.467. The van der Waals surface area contributed by atoms with Crippen molar-refractivity contribution in [3.05, 3.63) is 42.0 Å². The van der Waals surface area contributed by atoms with E-state index in [4.69, 9.17) is 4.74 Å². The summed E-state index contributed by atoms with van der Waals surface area (Å²) in [5.41, 5.74) is 0.790. The van der Waals surface area contributed by atoms with E-state index in [-0.39, 0.29) is 11.8 Å². The van der Waals surface area contributed by atoms with Crippen LogP contribution in [0.4, 0.5) is 0 Å². The van der Waals surface area contributed by atoms with Crippen LogP contribution in [0.5, 0.6) is 0 Å². The number of nitrogens with zero attached hydrogens (tertiary/aromatic N) is 4. The van der Waals surface area contributed by atoms with Gasteiger partial charge in [0.2, 0.25) is 0 Å². The van der Waals surface area contributed by atoms with Crippen LogP contribution in [0.1, 0.15) is 40.9 Å². The monoisotopic (exact) mass is 301 g/mol. The van der Waals surface area contributed by atoms with Gasteiger partial charge in [0, 0.05) is 38.2 Å². The second kappa shape index (κ2) is 6.65. The minimum atomic E-state index is -0.214. The van der Waals surface area contributed by atoms with E-state index in [1.165, 1.54) is 0 Å². The second-order valence-electron chi connectivity index (χ2n) is 5.36. The molecule has 0 unspecified atom stereocenters. The number of rotatable bonds is 4. The Morgan fingerprint density at radius 3 is 3.09 bits per heavy atom. The van der Waals surface area contributed by atoms with Gasteiger partial charge < -0.3 is 14.6 Å². The maximum Gasteiger partial charge on any atom is 0.287 e. The van der Waals surface area contributed by atoms with Crippen LogP contribution in [0.2, 0.25) is 0 Å². The van der Waals surface area contributed by atoms with Gasteiger partial charge >= 0.3 is 0 Å². The maximum atomic E-state index is 12.0. The molecule has 22 heavy (non-hydrogen) atoms. The lowest BCUT2D eigenvalue weighted by atomic mass is 10.0. The van der Waals surface area contributed by atoms with E-state index in [9.17, 15) is 4.79 Å². The Hall–Kier alpha value is -2.28. The van der Waals surface area contributed by atoms with Gasteiger partial charge in [0.15, 0.2) is 5.82 Å². The SMILES string of the molecule is Cn1ccnc1C(=O)NCc1ccnc([C@H]2CCCOC2)n1. The molecule has 0 spiro atoms. The van der Waals surface area contributed by atoms with Gasteiger partial charge in [-0.3, -0.25) is 4.79 Å². The molecule has 3 rings (SSSR count). The molecule has 7 heteroatoms. The lowest BCUT2D eigenvalue weighted by Crippen LogP contribution is -2.26. The van der Waals surface area contributed by atoms with Gasteiger partial charge in [0.1, 0.15) is 5.82 Å². The molecule has 1 aliphatic rings. The van der Waals surface area contributed by atoms with Crippen molar-refractivity contribution in [2.24, 2.45) is 7.05 Å². The Balaban J connectivity index is 1.63. The quantitative estimate of drug-likeness (QED) is 0.912. The van der Waals surface area contributed by atoms with Crippen molar-refractivity contribution >= 4 is 5.91 Å². The third-order valence-corrected chi connectivity index (χ3v) is 3.71. The van der Waals surface area contributed by atoms with Gasteiger partial charge in [-0.1, -0.05) is 0 Å². The summed E-state index contributed by atoms with van der Waals surface area (Å²) in [6.07, 6.45) is 7.15. The smallest absolute Gasteiger partial charge is 0.287 e. The second-order valence-corrected chi connectivity index (χ2v) is 5.36. The number of amides is 1. The van der Waals surface area contributed by atoms with Crippen molar-refractivity contribution < 1.29 is 9.53 Å². The molecule has 1 saturated heterocycles. The molecule has 1 fully saturated rings. The minimum Gasteiger partial charge on any atom is -0.381 e. The summed E-state index contributed by atoms with van der Waals surface area (Å²) in [5, 5.41) is 2.83. The Kier molecular flexibility index (Phi) is 4.43. The molecule has 0 aromatic carbocycles. The van der Waals surface area contributed by atoms with Crippen LogP contribution in [0, 0.1) is 0 Å². The average molecular weight is 301 g/mol. The van der Waals surface area contributed by atoms with Crippen LogP contribution in [0.3, 0.4) is 0 Å². The topological polar surface area (TPSA) is 81.9 Å². The van der Waals surface area contributed by atoms with E-state index < -0.39 is 0 Å². The molecule has 0 bridgehead atoms. The zero-order valence-electron chi connectivity index (χ0n) is 12.5. The highest BCUT2D eigenvalue weighted by atomic mass is 16.5. The van der Waals surface area contributed by atoms with Crippen molar-refractivity contribution in [2.45, 2.75) is 25.3 Å².